The molecule has 0 aromatic rings. The van der Waals surface area contributed by atoms with Crippen molar-refractivity contribution in [2.24, 2.45) is 22.7 Å². The van der Waals surface area contributed by atoms with E-state index in [1.807, 2.05) is 6.92 Å². The molecule has 0 spiro atoms. The first-order chi connectivity index (χ1) is 26.5. The molecule has 12 atom stereocenters. The average molecular weight is 804 g/mol. The first-order valence-electron chi connectivity index (χ1n) is 19.5. The van der Waals surface area contributed by atoms with E-state index in [9.17, 15) is 39.3 Å². The van der Waals surface area contributed by atoms with E-state index in [1.54, 1.807) is 39.8 Å². The van der Waals surface area contributed by atoms with Gasteiger partial charge in [0.2, 0.25) is 0 Å². The maximum Gasteiger partial charge on any atom is 0.408 e. The highest BCUT2D eigenvalue weighted by atomic mass is 16.6. The quantitative estimate of drug-likeness (QED) is 0.183. The van der Waals surface area contributed by atoms with Crippen LogP contribution in [0.25, 0.3) is 0 Å². The van der Waals surface area contributed by atoms with E-state index in [1.165, 1.54) is 19.9 Å². The van der Waals surface area contributed by atoms with Gasteiger partial charge >= 0.3 is 30.0 Å². The van der Waals surface area contributed by atoms with E-state index in [2.05, 4.69) is 5.32 Å². The van der Waals surface area contributed by atoms with Crippen molar-refractivity contribution >= 4 is 35.8 Å². The van der Waals surface area contributed by atoms with Crippen molar-refractivity contribution in [3.8, 4) is 0 Å². The van der Waals surface area contributed by atoms with Crippen LogP contribution in [0, 0.1) is 22.7 Å². The highest BCUT2D eigenvalue weighted by molar-refractivity contribution is 5.95. The van der Waals surface area contributed by atoms with Gasteiger partial charge in [-0.1, -0.05) is 44.6 Å². The second-order valence-corrected chi connectivity index (χ2v) is 17.2. The number of ether oxygens (including phenoxy) is 6. The summed E-state index contributed by atoms with van der Waals surface area (Å²) in [7, 11) is 0. The molecule has 2 saturated carbocycles. The van der Waals surface area contributed by atoms with Crippen LogP contribution in [0.3, 0.4) is 0 Å². The Kier molecular flexibility index (Phi) is 12.6. The van der Waals surface area contributed by atoms with Gasteiger partial charge < -0.3 is 49.1 Å². The number of esters is 4. The molecule has 0 radical (unpaired) electrons. The molecular formula is C41H57NO15. The summed E-state index contributed by atoms with van der Waals surface area (Å²) in [5.41, 5.74) is -6.81. The summed E-state index contributed by atoms with van der Waals surface area (Å²) in [4.78, 5) is 82.0. The molecule has 1 amide bonds. The molecule has 3 aliphatic carbocycles. The molecule has 1 unspecified atom stereocenters. The smallest absolute Gasteiger partial charge is 0.408 e. The van der Waals surface area contributed by atoms with Gasteiger partial charge in [0.25, 0.3) is 0 Å². The third-order valence-electron chi connectivity index (χ3n) is 12.7. The second-order valence-electron chi connectivity index (χ2n) is 17.2. The number of carbonyl (C=O) groups is 6. The van der Waals surface area contributed by atoms with Crippen molar-refractivity contribution in [1.29, 1.82) is 0 Å². The minimum atomic E-state index is -2.32. The second kappa shape index (κ2) is 16.3. The van der Waals surface area contributed by atoms with Crippen LogP contribution < -0.4 is 5.32 Å². The van der Waals surface area contributed by atoms with E-state index in [-0.39, 0.29) is 43.1 Å². The Morgan fingerprint density at radius 3 is 2.28 bits per heavy atom. The maximum absolute atomic E-state index is 15.3. The van der Waals surface area contributed by atoms with Crippen LogP contribution >= 0.6 is 0 Å². The lowest BCUT2D eigenvalue weighted by Gasteiger charge is -2.67. The summed E-state index contributed by atoms with van der Waals surface area (Å²) in [6.45, 7) is 13.2. The summed E-state index contributed by atoms with van der Waals surface area (Å²) in [6, 6.07) is -1.32. The van der Waals surface area contributed by atoms with Crippen LogP contribution in [0.5, 0.6) is 0 Å². The topological polar surface area (TPSA) is 231 Å². The Morgan fingerprint density at radius 2 is 1.68 bits per heavy atom. The number of carbonyl (C=O) groups excluding carboxylic acids is 6. The average Bonchev–Trinajstić information content (AvgIpc) is 3.09. The third kappa shape index (κ3) is 7.89. The molecule has 16 nitrogen and oxygen atoms in total. The fraction of sp³-hybridized carbons (Fsp3) is 0.707. The zero-order valence-electron chi connectivity index (χ0n) is 34.1. The summed E-state index contributed by atoms with van der Waals surface area (Å²) in [6.07, 6.45) is -5.41. The number of alkyl carbamates (subject to hydrolysis) is 1. The van der Waals surface area contributed by atoms with E-state index in [0.717, 1.165) is 13.8 Å². The standard InChI is InChI=1S/C41H57NO15/c1-20(2)15-25-31(47)36(49)55-26-18-41(51)35(56-29(46)16-21(3)13-11-10-12-14-52-37(50)42-25)33-39(9,27(45)17-28-40(33,19-53-28)57-24(6)44)34(48)32(54-23(5)43)30(22(26)4)38(41,7)8/h10,12,15,21,25-28,31-33,35,45,47,51H,11,13-14,16-19H2,1-9H3,(H,42,50)/b12-10+/t21-,25-,26-,27-,28+,31+,32+,33-,35-,39+,40-,41?/m0/s1. The fourth-order valence-corrected chi connectivity index (χ4v) is 9.63. The monoisotopic (exact) mass is 803 g/mol. The van der Waals surface area contributed by atoms with Crippen LogP contribution in [-0.2, 0) is 52.4 Å². The maximum atomic E-state index is 15.3. The van der Waals surface area contributed by atoms with E-state index < -0.39 is 113 Å². The van der Waals surface area contributed by atoms with Gasteiger partial charge in [-0.15, -0.1) is 0 Å². The van der Waals surface area contributed by atoms with Crippen molar-refractivity contribution in [2.75, 3.05) is 13.2 Å². The lowest BCUT2D eigenvalue weighted by atomic mass is 9.44. The number of aliphatic hydroxyl groups is 3. The Labute approximate surface area is 332 Å². The van der Waals surface area contributed by atoms with E-state index in [0.29, 0.717) is 18.4 Å². The van der Waals surface area contributed by atoms with Crippen molar-refractivity contribution in [2.45, 2.75) is 148 Å². The Morgan fingerprint density at radius 1 is 1.00 bits per heavy atom. The number of fused-ring (bicyclic) bond motifs is 6. The lowest BCUT2D eigenvalue weighted by molar-refractivity contribution is -0.347. The van der Waals surface area contributed by atoms with Crippen molar-refractivity contribution < 1.29 is 72.5 Å². The predicted molar refractivity (Wildman–Crippen MR) is 199 cm³/mol. The Hall–Kier alpha value is -4.12. The number of allylic oxidation sites excluding steroid dienone is 2. The van der Waals surface area contributed by atoms with Gasteiger partial charge in [-0.2, -0.15) is 0 Å². The number of aliphatic hydroxyl groups excluding tert-OH is 2. The summed E-state index contributed by atoms with van der Waals surface area (Å²) >= 11 is 0. The number of cyclic esters (lactones) is 1. The van der Waals surface area contributed by atoms with Crippen molar-refractivity contribution in [1.82, 2.24) is 5.32 Å². The molecule has 5 aliphatic rings. The molecule has 1 saturated heterocycles. The largest absolute Gasteiger partial charge is 0.459 e. The van der Waals surface area contributed by atoms with Crippen molar-refractivity contribution in [3.05, 3.63) is 34.9 Å². The molecule has 2 heterocycles. The zero-order valence-corrected chi connectivity index (χ0v) is 34.1. The minimum absolute atomic E-state index is 0.0232. The first-order valence-corrected chi connectivity index (χ1v) is 19.5. The third-order valence-corrected chi connectivity index (χ3v) is 12.7. The highest BCUT2D eigenvalue weighted by Gasteiger charge is 2.78. The molecule has 0 aromatic heterocycles. The number of ketones is 1. The van der Waals surface area contributed by atoms with Gasteiger partial charge in [0, 0.05) is 38.5 Å². The summed E-state index contributed by atoms with van der Waals surface area (Å²) in [5.74, 6) is -6.22. The molecule has 4 N–H and O–H groups in total. The van der Waals surface area contributed by atoms with Crippen LogP contribution in [0.4, 0.5) is 4.79 Å². The molecule has 5 rings (SSSR count). The Bertz CT molecular complexity index is 1750. The molecule has 57 heavy (non-hydrogen) atoms. The molecule has 316 valence electrons. The van der Waals surface area contributed by atoms with Crippen LogP contribution in [-0.4, -0.2) is 118 Å². The minimum Gasteiger partial charge on any atom is -0.459 e. The number of Topliss-reactive ketones (excluding diaryl/α,β-unsaturated/α-hetero) is 1. The van der Waals surface area contributed by atoms with Gasteiger partial charge in [0.15, 0.2) is 23.6 Å². The number of nitrogens with one attached hydrogen (secondary N) is 1. The SMILES string of the molecule is CC(=O)O[C@H]1C(=O)[C@@]2(C)[C@H]([C@@H]3OC(=O)C[C@@H](C)CC/C=C/COC(=O)N[C@@H](C=C(C)C)[C@@H](O)C(=O)O[C@H]4CC3(O)C(C)(C)C1=C4C)[C@]1(OC(C)=O)CO[C@@H]1C[C@@H]2O. The number of hydrogen-bond acceptors (Lipinski definition) is 15. The normalized spacial score (nSPS) is 40.5. The number of amides is 1. The molecule has 0 aromatic carbocycles. The summed E-state index contributed by atoms with van der Waals surface area (Å²) < 4.78 is 35.3. The van der Waals surface area contributed by atoms with Gasteiger partial charge in [0.1, 0.15) is 30.5 Å². The molecule has 16 heteroatoms. The lowest BCUT2D eigenvalue weighted by Crippen LogP contribution is -2.82. The van der Waals surface area contributed by atoms with Crippen LogP contribution in [0.15, 0.2) is 34.9 Å². The summed E-state index contributed by atoms with van der Waals surface area (Å²) in [5, 5.41) is 39.4. The van der Waals surface area contributed by atoms with Gasteiger partial charge in [-0.3, -0.25) is 19.2 Å². The highest BCUT2D eigenvalue weighted by Crippen LogP contribution is 2.64. The van der Waals surface area contributed by atoms with Gasteiger partial charge in [-0.05, 0) is 57.6 Å². The Balaban J connectivity index is 1.78. The van der Waals surface area contributed by atoms with Crippen LogP contribution in [0.2, 0.25) is 0 Å². The predicted octanol–water partition coefficient (Wildman–Crippen LogP) is 2.69. The van der Waals surface area contributed by atoms with E-state index in [4.69, 9.17) is 28.4 Å². The fourth-order valence-electron chi connectivity index (χ4n) is 9.63. The first kappa shape index (κ1) is 44.0. The van der Waals surface area contributed by atoms with Crippen LogP contribution in [0.1, 0.15) is 94.4 Å². The number of hydrogen-bond donors (Lipinski definition) is 4. The van der Waals surface area contributed by atoms with Gasteiger partial charge in [-0.25, -0.2) is 9.59 Å². The zero-order chi connectivity index (χ0) is 42.4. The molecule has 2 aliphatic heterocycles. The molecule has 3 fully saturated rings. The van der Waals surface area contributed by atoms with Gasteiger partial charge in [0.05, 0.1) is 30.1 Å². The molecular weight excluding hydrogens is 746 g/mol. The number of rotatable bonds is 3. The van der Waals surface area contributed by atoms with Crippen molar-refractivity contribution in [3.63, 3.8) is 0 Å². The molecule has 3 bridgehead atoms. The van der Waals surface area contributed by atoms with E-state index >= 15 is 4.79 Å².